The van der Waals surface area contributed by atoms with Gasteiger partial charge in [-0.2, -0.15) is 0 Å². The van der Waals surface area contributed by atoms with E-state index in [1.807, 2.05) is 12.1 Å². The third-order valence-electron chi connectivity index (χ3n) is 4.51. The molecule has 2 N–H and O–H groups in total. The molecular formula is C18H22N2O4. The van der Waals surface area contributed by atoms with Gasteiger partial charge in [-0.3, -0.25) is 0 Å². The largest absolute Gasteiger partial charge is 0.497 e. The highest BCUT2D eigenvalue weighted by atomic mass is 16.5. The van der Waals surface area contributed by atoms with Gasteiger partial charge in [-0.05, 0) is 50.3 Å². The SMILES string of the molecule is COc1ccc([C@H]2NC(=O)NC(C)=C2C(=O)OC2CCCC2)cc1. The van der Waals surface area contributed by atoms with Crippen molar-refractivity contribution in [2.24, 2.45) is 0 Å². The number of urea groups is 1. The maximum absolute atomic E-state index is 12.7. The van der Waals surface area contributed by atoms with E-state index in [0.717, 1.165) is 37.0 Å². The van der Waals surface area contributed by atoms with Crippen molar-refractivity contribution in [1.29, 1.82) is 0 Å². The van der Waals surface area contributed by atoms with E-state index >= 15 is 0 Å². The van der Waals surface area contributed by atoms with Gasteiger partial charge in [-0.1, -0.05) is 12.1 Å². The lowest BCUT2D eigenvalue weighted by atomic mass is 9.95. The van der Waals surface area contributed by atoms with Crippen molar-refractivity contribution in [2.75, 3.05) is 7.11 Å². The summed E-state index contributed by atoms with van der Waals surface area (Å²) in [6, 6.07) is 6.43. The number of amides is 2. The van der Waals surface area contributed by atoms with Crippen LogP contribution in [0.5, 0.6) is 5.75 Å². The summed E-state index contributed by atoms with van der Waals surface area (Å²) in [4.78, 5) is 24.5. The van der Waals surface area contributed by atoms with Crippen LogP contribution in [0.15, 0.2) is 35.5 Å². The van der Waals surface area contributed by atoms with E-state index in [-0.39, 0.29) is 18.1 Å². The Labute approximate surface area is 141 Å². The van der Waals surface area contributed by atoms with Gasteiger partial charge in [0.1, 0.15) is 11.9 Å². The number of hydrogen-bond acceptors (Lipinski definition) is 4. The van der Waals surface area contributed by atoms with E-state index in [4.69, 9.17) is 9.47 Å². The fourth-order valence-electron chi connectivity index (χ4n) is 3.23. The quantitative estimate of drug-likeness (QED) is 0.832. The zero-order chi connectivity index (χ0) is 17.1. The molecule has 0 aromatic heterocycles. The molecule has 0 radical (unpaired) electrons. The molecule has 2 aliphatic rings. The number of nitrogens with one attached hydrogen (secondary N) is 2. The smallest absolute Gasteiger partial charge is 0.338 e. The predicted octanol–water partition coefficient (Wildman–Crippen LogP) is 2.81. The minimum Gasteiger partial charge on any atom is -0.497 e. The van der Waals surface area contributed by atoms with Crippen molar-refractivity contribution < 1.29 is 19.1 Å². The number of rotatable bonds is 4. The highest BCUT2D eigenvalue weighted by Crippen LogP contribution is 2.30. The molecule has 0 spiro atoms. The Morgan fingerprint density at radius 1 is 1.17 bits per heavy atom. The fraction of sp³-hybridized carbons (Fsp3) is 0.444. The normalized spacial score (nSPS) is 21.2. The molecule has 128 valence electrons. The van der Waals surface area contributed by atoms with Gasteiger partial charge in [0.25, 0.3) is 0 Å². The van der Waals surface area contributed by atoms with Crippen LogP contribution in [0.4, 0.5) is 4.79 Å². The molecular weight excluding hydrogens is 308 g/mol. The Morgan fingerprint density at radius 2 is 1.83 bits per heavy atom. The molecule has 3 rings (SSSR count). The first-order valence-corrected chi connectivity index (χ1v) is 8.21. The molecule has 1 aliphatic carbocycles. The van der Waals surface area contributed by atoms with E-state index in [9.17, 15) is 9.59 Å². The van der Waals surface area contributed by atoms with Crippen LogP contribution in [-0.4, -0.2) is 25.2 Å². The van der Waals surface area contributed by atoms with Crippen molar-refractivity contribution in [1.82, 2.24) is 10.6 Å². The number of hydrogen-bond donors (Lipinski definition) is 2. The average molecular weight is 330 g/mol. The second-order valence-corrected chi connectivity index (χ2v) is 6.16. The van der Waals surface area contributed by atoms with Crippen LogP contribution in [0.3, 0.4) is 0 Å². The summed E-state index contributed by atoms with van der Waals surface area (Å²) in [5.41, 5.74) is 1.79. The standard InChI is InChI=1S/C18H22N2O4/c1-11-15(17(21)24-14-5-3-4-6-14)16(20-18(22)19-11)12-7-9-13(23-2)10-8-12/h7-10,14,16H,3-6H2,1-2H3,(H2,19,20,22)/t16-/m1/s1. The molecule has 1 saturated carbocycles. The zero-order valence-electron chi connectivity index (χ0n) is 13.9. The van der Waals surface area contributed by atoms with Crippen molar-refractivity contribution in [3.8, 4) is 5.75 Å². The number of carbonyl (C=O) groups excluding carboxylic acids is 2. The maximum atomic E-state index is 12.7. The molecule has 6 nitrogen and oxygen atoms in total. The lowest BCUT2D eigenvalue weighted by Gasteiger charge is -2.29. The Hall–Kier alpha value is -2.50. The van der Waals surface area contributed by atoms with Crippen LogP contribution < -0.4 is 15.4 Å². The summed E-state index contributed by atoms with van der Waals surface area (Å²) in [6.07, 6.45) is 3.97. The highest BCUT2D eigenvalue weighted by Gasteiger charge is 2.33. The van der Waals surface area contributed by atoms with Crippen LogP contribution in [0.25, 0.3) is 0 Å². The lowest BCUT2D eigenvalue weighted by Crippen LogP contribution is -2.45. The number of carbonyl (C=O) groups is 2. The average Bonchev–Trinajstić information content (AvgIpc) is 3.07. The molecule has 24 heavy (non-hydrogen) atoms. The number of ether oxygens (including phenoxy) is 2. The van der Waals surface area contributed by atoms with E-state index < -0.39 is 6.04 Å². The summed E-state index contributed by atoms with van der Waals surface area (Å²) >= 11 is 0. The zero-order valence-corrected chi connectivity index (χ0v) is 13.9. The topological polar surface area (TPSA) is 76.7 Å². The monoisotopic (exact) mass is 330 g/mol. The summed E-state index contributed by atoms with van der Waals surface area (Å²) in [6.45, 7) is 1.72. The maximum Gasteiger partial charge on any atom is 0.338 e. The third kappa shape index (κ3) is 3.37. The molecule has 1 aromatic carbocycles. The van der Waals surface area contributed by atoms with E-state index in [0.29, 0.717) is 11.3 Å². The summed E-state index contributed by atoms with van der Waals surface area (Å²) < 4.78 is 10.8. The second kappa shape index (κ2) is 6.95. The second-order valence-electron chi connectivity index (χ2n) is 6.16. The molecule has 1 aromatic rings. The van der Waals surface area contributed by atoms with Gasteiger partial charge in [0, 0.05) is 5.70 Å². The first kappa shape index (κ1) is 16.4. The van der Waals surface area contributed by atoms with Gasteiger partial charge in [-0.15, -0.1) is 0 Å². The van der Waals surface area contributed by atoms with Gasteiger partial charge in [0.05, 0.1) is 18.7 Å². The Kier molecular flexibility index (Phi) is 4.74. The molecule has 2 amide bonds. The first-order valence-electron chi connectivity index (χ1n) is 8.21. The minimum atomic E-state index is -0.529. The van der Waals surface area contributed by atoms with E-state index in [1.54, 1.807) is 26.2 Å². The van der Waals surface area contributed by atoms with Gasteiger partial charge in [-0.25, -0.2) is 9.59 Å². The van der Waals surface area contributed by atoms with E-state index in [1.165, 1.54) is 0 Å². The minimum absolute atomic E-state index is 0.0213. The van der Waals surface area contributed by atoms with Gasteiger partial charge < -0.3 is 20.1 Å². The molecule has 0 bridgehead atoms. The Bertz CT molecular complexity index is 660. The molecule has 0 unspecified atom stereocenters. The number of benzene rings is 1. The van der Waals surface area contributed by atoms with Crippen molar-refractivity contribution in [3.63, 3.8) is 0 Å². The van der Waals surface area contributed by atoms with Crippen LogP contribution in [0.1, 0.15) is 44.2 Å². The van der Waals surface area contributed by atoms with Crippen molar-refractivity contribution >= 4 is 12.0 Å². The molecule has 1 heterocycles. The fourth-order valence-corrected chi connectivity index (χ4v) is 3.23. The number of allylic oxidation sites excluding steroid dienone is 1. The van der Waals surface area contributed by atoms with E-state index in [2.05, 4.69) is 10.6 Å². The van der Waals surface area contributed by atoms with Gasteiger partial charge >= 0.3 is 12.0 Å². The number of esters is 1. The summed E-state index contributed by atoms with van der Waals surface area (Å²) in [5, 5.41) is 5.47. The number of methoxy groups -OCH3 is 1. The van der Waals surface area contributed by atoms with Crippen molar-refractivity contribution in [2.45, 2.75) is 44.8 Å². The molecule has 1 atom stereocenters. The Morgan fingerprint density at radius 3 is 2.46 bits per heavy atom. The van der Waals surface area contributed by atoms with Crippen LogP contribution >= 0.6 is 0 Å². The summed E-state index contributed by atoms with van der Waals surface area (Å²) in [7, 11) is 1.59. The third-order valence-corrected chi connectivity index (χ3v) is 4.51. The van der Waals surface area contributed by atoms with Gasteiger partial charge in [0.2, 0.25) is 0 Å². The Balaban J connectivity index is 1.87. The first-order chi connectivity index (χ1) is 11.6. The lowest BCUT2D eigenvalue weighted by molar-refractivity contribution is -0.144. The molecule has 0 saturated heterocycles. The highest BCUT2D eigenvalue weighted by molar-refractivity contribution is 5.95. The van der Waals surface area contributed by atoms with Crippen LogP contribution in [0.2, 0.25) is 0 Å². The molecule has 1 fully saturated rings. The molecule has 1 aliphatic heterocycles. The van der Waals surface area contributed by atoms with Gasteiger partial charge in [0.15, 0.2) is 0 Å². The van der Waals surface area contributed by atoms with Crippen LogP contribution in [-0.2, 0) is 9.53 Å². The van der Waals surface area contributed by atoms with Crippen LogP contribution in [0, 0.1) is 0 Å². The molecule has 6 heteroatoms. The predicted molar refractivity (Wildman–Crippen MR) is 88.5 cm³/mol. The summed E-state index contributed by atoms with van der Waals surface area (Å²) in [5.74, 6) is 0.350. The van der Waals surface area contributed by atoms with Crippen molar-refractivity contribution in [3.05, 3.63) is 41.1 Å².